The highest BCUT2D eigenvalue weighted by atomic mass is 16.1. The van der Waals surface area contributed by atoms with Crippen LogP contribution in [0, 0.1) is 0 Å². The van der Waals surface area contributed by atoms with E-state index in [9.17, 15) is 4.79 Å². The van der Waals surface area contributed by atoms with Crippen LogP contribution in [-0.4, -0.2) is 40.6 Å². The van der Waals surface area contributed by atoms with Gasteiger partial charge < -0.3 is 5.32 Å². The Morgan fingerprint density at radius 2 is 1.83 bits per heavy atom. The van der Waals surface area contributed by atoms with Crippen LogP contribution < -0.4 is 5.32 Å². The Morgan fingerprint density at radius 3 is 2.67 bits per heavy atom. The van der Waals surface area contributed by atoms with Gasteiger partial charge >= 0.3 is 0 Å². The highest BCUT2D eigenvalue weighted by molar-refractivity contribution is 6.05. The van der Waals surface area contributed by atoms with Crippen molar-refractivity contribution in [1.29, 1.82) is 0 Å². The SMILES string of the molecule is O=C(Nc1cc(-n2cncn2)ncn1)c1ccc2nccnc2c1. The Bertz CT molecular complexity index is 1010. The summed E-state index contributed by atoms with van der Waals surface area (Å²) in [5.41, 5.74) is 1.84. The molecule has 0 atom stereocenters. The molecular formula is C15H10N8O. The number of aromatic nitrogens is 7. The number of nitrogens with one attached hydrogen (secondary N) is 1. The van der Waals surface area contributed by atoms with E-state index in [0.717, 1.165) is 5.52 Å². The highest BCUT2D eigenvalue weighted by Gasteiger charge is 2.10. The van der Waals surface area contributed by atoms with Crippen molar-refractivity contribution in [3.05, 3.63) is 61.2 Å². The summed E-state index contributed by atoms with van der Waals surface area (Å²) in [6.45, 7) is 0. The molecule has 0 saturated heterocycles. The molecule has 1 N–H and O–H groups in total. The van der Waals surface area contributed by atoms with Crippen LogP contribution in [0.4, 0.5) is 5.82 Å². The van der Waals surface area contributed by atoms with Crippen molar-refractivity contribution in [3.63, 3.8) is 0 Å². The lowest BCUT2D eigenvalue weighted by molar-refractivity contribution is 0.102. The lowest BCUT2D eigenvalue weighted by Gasteiger charge is -2.06. The number of carbonyl (C=O) groups excluding carboxylic acids is 1. The van der Waals surface area contributed by atoms with Crippen molar-refractivity contribution < 1.29 is 4.79 Å². The summed E-state index contributed by atoms with van der Waals surface area (Å²) in [5, 5.41) is 6.71. The van der Waals surface area contributed by atoms with Crippen LogP contribution in [-0.2, 0) is 0 Å². The van der Waals surface area contributed by atoms with Crippen molar-refractivity contribution in [2.75, 3.05) is 5.32 Å². The molecule has 0 aliphatic heterocycles. The Kier molecular flexibility index (Phi) is 3.35. The van der Waals surface area contributed by atoms with E-state index in [1.165, 1.54) is 23.7 Å². The minimum absolute atomic E-state index is 0.300. The topological polar surface area (TPSA) is 111 Å². The van der Waals surface area contributed by atoms with Crippen molar-refractivity contribution >= 4 is 22.8 Å². The lowest BCUT2D eigenvalue weighted by atomic mass is 10.2. The minimum atomic E-state index is -0.300. The van der Waals surface area contributed by atoms with Crippen LogP contribution in [0.3, 0.4) is 0 Å². The molecule has 0 bridgehead atoms. The second-order valence-corrected chi connectivity index (χ2v) is 4.82. The van der Waals surface area contributed by atoms with Gasteiger partial charge in [0.25, 0.3) is 5.91 Å². The summed E-state index contributed by atoms with van der Waals surface area (Å²) >= 11 is 0. The molecule has 9 heteroatoms. The van der Waals surface area contributed by atoms with Crippen LogP contribution >= 0.6 is 0 Å². The van der Waals surface area contributed by atoms with Crippen LogP contribution in [0.1, 0.15) is 10.4 Å². The summed E-state index contributed by atoms with van der Waals surface area (Å²) in [6.07, 6.45) is 7.44. The van der Waals surface area contributed by atoms with Crippen LogP contribution in [0.15, 0.2) is 55.6 Å². The van der Waals surface area contributed by atoms with E-state index in [2.05, 4.69) is 35.3 Å². The first-order valence-corrected chi connectivity index (χ1v) is 6.99. The lowest BCUT2D eigenvalue weighted by Crippen LogP contribution is -2.13. The van der Waals surface area contributed by atoms with Gasteiger partial charge in [-0.15, -0.1) is 0 Å². The monoisotopic (exact) mass is 318 g/mol. The number of amides is 1. The van der Waals surface area contributed by atoms with Gasteiger partial charge in [0.2, 0.25) is 0 Å². The molecule has 0 fully saturated rings. The number of nitrogens with zero attached hydrogens (tertiary/aromatic N) is 7. The van der Waals surface area contributed by atoms with Crippen LogP contribution in [0.2, 0.25) is 0 Å². The Morgan fingerprint density at radius 1 is 0.958 bits per heavy atom. The molecule has 4 rings (SSSR count). The summed E-state index contributed by atoms with van der Waals surface area (Å²) in [7, 11) is 0. The van der Waals surface area contributed by atoms with E-state index in [0.29, 0.717) is 22.7 Å². The molecule has 0 unspecified atom stereocenters. The fourth-order valence-electron chi connectivity index (χ4n) is 2.16. The average Bonchev–Trinajstić information content (AvgIpc) is 3.16. The number of hydrogen-bond donors (Lipinski definition) is 1. The van der Waals surface area contributed by atoms with Gasteiger partial charge in [0.1, 0.15) is 24.8 Å². The number of hydrogen-bond acceptors (Lipinski definition) is 7. The first kappa shape index (κ1) is 13.9. The molecule has 3 aromatic heterocycles. The maximum atomic E-state index is 12.4. The maximum absolute atomic E-state index is 12.4. The molecule has 0 saturated carbocycles. The quantitative estimate of drug-likeness (QED) is 0.605. The van der Waals surface area contributed by atoms with Crippen LogP contribution in [0.5, 0.6) is 0 Å². The van der Waals surface area contributed by atoms with Crippen molar-refractivity contribution in [2.45, 2.75) is 0 Å². The minimum Gasteiger partial charge on any atom is -0.306 e. The van der Waals surface area contributed by atoms with Gasteiger partial charge in [-0.1, -0.05) is 0 Å². The van der Waals surface area contributed by atoms with Gasteiger partial charge in [-0.3, -0.25) is 14.8 Å². The zero-order valence-electron chi connectivity index (χ0n) is 12.2. The van der Waals surface area contributed by atoms with Crippen molar-refractivity contribution in [2.24, 2.45) is 0 Å². The summed E-state index contributed by atoms with van der Waals surface area (Å²) in [6, 6.07) is 6.72. The number of rotatable bonds is 3. The summed E-state index contributed by atoms with van der Waals surface area (Å²) < 4.78 is 1.48. The van der Waals surface area contributed by atoms with E-state index in [1.807, 2.05) is 0 Å². The number of benzene rings is 1. The normalized spacial score (nSPS) is 10.7. The molecular weight excluding hydrogens is 308 g/mol. The fraction of sp³-hybridized carbons (Fsp3) is 0. The van der Waals surface area contributed by atoms with E-state index in [1.54, 1.807) is 36.7 Å². The van der Waals surface area contributed by atoms with Crippen LogP contribution in [0.25, 0.3) is 16.9 Å². The second kappa shape index (κ2) is 5.80. The standard InChI is InChI=1S/C15H10N8O/c24-15(10-1-2-11-12(5-10)18-4-3-17-11)22-13-6-14(20-8-19-13)23-9-16-7-21-23/h1-9H,(H,19,20,22,24). The molecule has 0 spiro atoms. The molecule has 0 aliphatic carbocycles. The molecule has 116 valence electrons. The molecule has 0 radical (unpaired) electrons. The van der Waals surface area contributed by atoms with Crippen molar-refractivity contribution in [3.8, 4) is 5.82 Å². The van der Waals surface area contributed by atoms with Gasteiger partial charge in [-0.05, 0) is 18.2 Å². The number of carbonyl (C=O) groups is 1. The van der Waals surface area contributed by atoms with Gasteiger partial charge in [0.05, 0.1) is 11.0 Å². The molecule has 24 heavy (non-hydrogen) atoms. The Labute approximate surface area is 135 Å². The fourth-order valence-corrected chi connectivity index (χ4v) is 2.16. The molecule has 4 aromatic rings. The Hall–Kier alpha value is -3.75. The van der Waals surface area contributed by atoms with E-state index in [4.69, 9.17) is 0 Å². The first-order valence-electron chi connectivity index (χ1n) is 6.99. The Balaban J connectivity index is 1.60. The molecule has 1 amide bonds. The molecule has 3 heterocycles. The van der Waals surface area contributed by atoms with Gasteiger partial charge in [0, 0.05) is 24.0 Å². The zero-order chi connectivity index (χ0) is 16.4. The van der Waals surface area contributed by atoms with Gasteiger partial charge in [-0.25, -0.2) is 19.6 Å². The van der Waals surface area contributed by atoms with Gasteiger partial charge in [-0.2, -0.15) is 5.10 Å². The first-order chi connectivity index (χ1) is 11.8. The van der Waals surface area contributed by atoms with E-state index >= 15 is 0 Å². The van der Waals surface area contributed by atoms with Gasteiger partial charge in [0.15, 0.2) is 5.82 Å². The van der Waals surface area contributed by atoms with Crippen molar-refractivity contribution in [1.82, 2.24) is 34.7 Å². The van der Waals surface area contributed by atoms with E-state index < -0.39 is 0 Å². The average molecular weight is 318 g/mol. The predicted octanol–water partition coefficient (Wildman–Crippen LogP) is 1.25. The highest BCUT2D eigenvalue weighted by Crippen LogP contribution is 2.13. The smallest absolute Gasteiger partial charge is 0.256 e. The third-order valence-electron chi connectivity index (χ3n) is 3.28. The summed E-state index contributed by atoms with van der Waals surface area (Å²) in [4.78, 5) is 32.8. The number of fused-ring (bicyclic) bond motifs is 1. The third kappa shape index (κ3) is 2.65. The largest absolute Gasteiger partial charge is 0.306 e. The second-order valence-electron chi connectivity index (χ2n) is 4.82. The number of anilines is 1. The maximum Gasteiger partial charge on any atom is 0.256 e. The molecule has 0 aliphatic rings. The summed E-state index contributed by atoms with van der Waals surface area (Å²) in [5.74, 6) is 0.563. The molecule has 9 nitrogen and oxygen atoms in total. The predicted molar refractivity (Wildman–Crippen MR) is 84.4 cm³/mol. The van der Waals surface area contributed by atoms with E-state index in [-0.39, 0.29) is 5.91 Å². The third-order valence-corrected chi connectivity index (χ3v) is 3.28. The molecule has 1 aromatic carbocycles. The zero-order valence-corrected chi connectivity index (χ0v) is 12.2.